The Bertz CT molecular complexity index is 518. The molecular weight excluding hydrogens is 232 g/mol. The monoisotopic (exact) mass is 254 g/mol. The quantitative estimate of drug-likeness (QED) is 0.745. The molecule has 0 aliphatic carbocycles. The zero-order valence-corrected chi connectivity index (χ0v) is 12.2. The predicted molar refractivity (Wildman–Crippen MR) is 80.8 cm³/mol. The molecule has 1 nitrogen and oxygen atoms in total. The summed E-state index contributed by atoms with van der Waals surface area (Å²) in [7, 11) is 0. The molecule has 100 valence electrons. The van der Waals surface area contributed by atoms with Gasteiger partial charge in [-0.2, -0.15) is 0 Å². The molecule has 0 radical (unpaired) electrons. The van der Waals surface area contributed by atoms with E-state index in [2.05, 4.69) is 70.2 Å². The molecule has 0 N–H and O–H groups in total. The molecule has 0 aliphatic heterocycles. The van der Waals surface area contributed by atoms with Crippen LogP contribution in [0.4, 0.5) is 0 Å². The molecule has 0 aliphatic rings. The number of aryl methyl sites for hydroxylation is 2. The molecule has 0 bridgehead atoms. The summed E-state index contributed by atoms with van der Waals surface area (Å²) in [5.41, 5.74) is 5.22. The van der Waals surface area contributed by atoms with Crippen molar-refractivity contribution in [3.8, 4) is 5.75 Å². The molecule has 2 aromatic rings. The summed E-state index contributed by atoms with van der Waals surface area (Å²) in [5, 5.41) is 0. The lowest BCUT2D eigenvalue weighted by molar-refractivity contribution is 0.304. The Balaban J connectivity index is 2.06. The minimum Gasteiger partial charge on any atom is -0.489 e. The van der Waals surface area contributed by atoms with Gasteiger partial charge in [-0.1, -0.05) is 44.2 Å². The van der Waals surface area contributed by atoms with Crippen LogP contribution in [0.25, 0.3) is 0 Å². The Hall–Kier alpha value is -1.76. The Morgan fingerprint density at radius 3 is 2.00 bits per heavy atom. The second-order valence-electron chi connectivity index (χ2n) is 5.38. The largest absolute Gasteiger partial charge is 0.489 e. The van der Waals surface area contributed by atoms with Crippen molar-refractivity contribution in [1.82, 2.24) is 0 Å². The van der Waals surface area contributed by atoms with Crippen LogP contribution in [0.2, 0.25) is 0 Å². The van der Waals surface area contributed by atoms with Crippen molar-refractivity contribution in [2.45, 2.75) is 40.2 Å². The number of hydrogen-bond donors (Lipinski definition) is 0. The zero-order chi connectivity index (χ0) is 13.8. The van der Waals surface area contributed by atoms with Crippen LogP contribution in [0, 0.1) is 13.8 Å². The van der Waals surface area contributed by atoms with Crippen LogP contribution in [-0.4, -0.2) is 0 Å². The lowest BCUT2D eigenvalue weighted by Gasteiger charge is -2.12. The smallest absolute Gasteiger partial charge is 0.119 e. The Morgan fingerprint density at radius 1 is 0.895 bits per heavy atom. The Labute approximate surface area is 116 Å². The Kier molecular flexibility index (Phi) is 4.26. The van der Waals surface area contributed by atoms with Gasteiger partial charge in [0.15, 0.2) is 0 Å². The fraction of sp³-hybridized carbons (Fsp3) is 0.333. The number of benzene rings is 2. The van der Waals surface area contributed by atoms with Gasteiger partial charge in [-0.25, -0.2) is 0 Å². The maximum absolute atomic E-state index is 5.89. The molecule has 0 spiro atoms. The molecule has 19 heavy (non-hydrogen) atoms. The molecule has 0 aromatic heterocycles. The van der Waals surface area contributed by atoms with Gasteiger partial charge in [0.2, 0.25) is 0 Å². The van der Waals surface area contributed by atoms with Crippen LogP contribution < -0.4 is 4.74 Å². The van der Waals surface area contributed by atoms with Crippen molar-refractivity contribution in [3.63, 3.8) is 0 Å². The first kappa shape index (κ1) is 13.7. The topological polar surface area (TPSA) is 9.23 Å². The van der Waals surface area contributed by atoms with Gasteiger partial charge in [0.1, 0.15) is 12.4 Å². The summed E-state index contributed by atoms with van der Waals surface area (Å²) in [5.74, 6) is 1.50. The minimum atomic E-state index is 0.563. The summed E-state index contributed by atoms with van der Waals surface area (Å²) < 4.78 is 5.89. The highest BCUT2D eigenvalue weighted by Gasteiger charge is 2.04. The SMILES string of the molecule is Cc1cccc(C)c1COc1ccc(C(C)C)cc1. The maximum Gasteiger partial charge on any atom is 0.119 e. The van der Waals surface area contributed by atoms with Gasteiger partial charge in [0.25, 0.3) is 0 Å². The molecule has 0 amide bonds. The normalized spacial score (nSPS) is 10.8. The van der Waals surface area contributed by atoms with Gasteiger partial charge in [-0.3, -0.25) is 0 Å². The fourth-order valence-corrected chi connectivity index (χ4v) is 2.18. The summed E-state index contributed by atoms with van der Waals surface area (Å²) in [6, 6.07) is 14.8. The highest BCUT2D eigenvalue weighted by Crippen LogP contribution is 2.21. The zero-order valence-electron chi connectivity index (χ0n) is 12.2. The highest BCUT2D eigenvalue weighted by molar-refractivity contribution is 5.34. The summed E-state index contributed by atoms with van der Waals surface area (Å²) in [4.78, 5) is 0. The van der Waals surface area contributed by atoms with E-state index in [0.29, 0.717) is 12.5 Å². The van der Waals surface area contributed by atoms with E-state index in [-0.39, 0.29) is 0 Å². The van der Waals surface area contributed by atoms with Crippen LogP contribution in [0.3, 0.4) is 0 Å². The summed E-state index contributed by atoms with van der Waals surface area (Å²) >= 11 is 0. The van der Waals surface area contributed by atoms with Crippen molar-refractivity contribution >= 4 is 0 Å². The molecule has 2 aromatic carbocycles. The van der Waals surface area contributed by atoms with Gasteiger partial charge in [-0.05, 0) is 54.2 Å². The summed E-state index contributed by atoms with van der Waals surface area (Å²) in [6.07, 6.45) is 0. The second-order valence-corrected chi connectivity index (χ2v) is 5.38. The number of hydrogen-bond acceptors (Lipinski definition) is 1. The van der Waals surface area contributed by atoms with Gasteiger partial charge < -0.3 is 4.74 Å². The first-order valence-corrected chi connectivity index (χ1v) is 6.86. The number of rotatable bonds is 4. The molecule has 0 unspecified atom stereocenters. The Morgan fingerprint density at radius 2 is 1.47 bits per heavy atom. The van der Waals surface area contributed by atoms with Gasteiger partial charge in [0, 0.05) is 0 Å². The fourth-order valence-electron chi connectivity index (χ4n) is 2.18. The lowest BCUT2D eigenvalue weighted by Crippen LogP contribution is -2.00. The maximum atomic E-state index is 5.89. The second kappa shape index (κ2) is 5.92. The van der Waals surface area contributed by atoms with Gasteiger partial charge in [0.05, 0.1) is 0 Å². The molecular formula is C18H22O. The van der Waals surface area contributed by atoms with Gasteiger partial charge in [-0.15, -0.1) is 0 Å². The molecule has 0 heterocycles. The first-order chi connectivity index (χ1) is 9.08. The third-order valence-electron chi connectivity index (χ3n) is 3.57. The average molecular weight is 254 g/mol. The van der Waals surface area contributed by atoms with E-state index in [4.69, 9.17) is 4.74 Å². The van der Waals surface area contributed by atoms with Crippen molar-refractivity contribution in [2.75, 3.05) is 0 Å². The van der Waals surface area contributed by atoms with E-state index in [9.17, 15) is 0 Å². The van der Waals surface area contributed by atoms with E-state index in [1.807, 2.05) is 0 Å². The van der Waals surface area contributed by atoms with E-state index in [0.717, 1.165) is 5.75 Å². The minimum absolute atomic E-state index is 0.563. The van der Waals surface area contributed by atoms with Gasteiger partial charge >= 0.3 is 0 Å². The molecule has 0 fully saturated rings. The van der Waals surface area contributed by atoms with Crippen LogP contribution >= 0.6 is 0 Å². The molecule has 0 saturated carbocycles. The van der Waals surface area contributed by atoms with Crippen molar-refractivity contribution in [1.29, 1.82) is 0 Å². The average Bonchev–Trinajstić information content (AvgIpc) is 2.38. The van der Waals surface area contributed by atoms with E-state index < -0.39 is 0 Å². The van der Waals surface area contributed by atoms with E-state index in [1.54, 1.807) is 0 Å². The highest BCUT2D eigenvalue weighted by atomic mass is 16.5. The third kappa shape index (κ3) is 3.37. The molecule has 2 rings (SSSR count). The van der Waals surface area contributed by atoms with Crippen LogP contribution in [-0.2, 0) is 6.61 Å². The van der Waals surface area contributed by atoms with Crippen molar-refractivity contribution < 1.29 is 4.74 Å². The lowest BCUT2D eigenvalue weighted by atomic mass is 10.0. The first-order valence-electron chi connectivity index (χ1n) is 6.86. The van der Waals surface area contributed by atoms with Crippen LogP contribution in [0.15, 0.2) is 42.5 Å². The van der Waals surface area contributed by atoms with E-state index in [1.165, 1.54) is 22.3 Å². The number of ether oxygens (including phenoxy) is 1. The molecule has 1 heteroatoms. The van der Waals surface area contributed by atoms with Crippen molar-refractivity contribution in [2.24, 2.45) is 0 Å². The van der Waals surface area contributed by atoms with Crippen molar-refractivity contribution in [3.05, 3.63) is 64.7 Å². The molecule has 0 atom stereocenters. The van der Waals surface area contributed by atoms with Crippen LogP contribution in [0.1, 0.15) is 42.0 Å². The standard InChI is InChI=1S/C18H22O/c1-13(2)16-8-10-17(11-9-16)19-12-18-14(3)6-5-7-15(18)4/h5-11,13H,12H2,1-4H3. The van der Waals surface area contributed by atoms with E-state index >= 15 is 0 Å². The predicted octanol–water partition coefficient (Wildman–Crippen LogP) is 5.01. The van der Waals surface area contributed by atoms with Crippen LogP contribution in [0.5, 0.6) is 5.75 Å². The third-order valence-corrected chi connectivity index (χ3v) is 3.57. The molecule has 0 saturated heterocycles. The summed E-state index contributed by atoms with van der Waals surface area (Å²) in [6.45, 7) is 9.31.